The van der Waals surface area contributed by atoms with Gasteiger partial charge in [-0.25, -0.2) is 0 Å². The number of unbranched alkanes of at least 4 members (excludes halogenated alkanes) is 31. The number of amides is 1. The summed E-state index contributed by atoms with van der Waals surface area (Å²) in [7, 11) is 0. The molecule has 0 aromatic carbocycles. The van der Waals surface area contributed by atoms with Crippen LogP contribution in [0.3, 0.4) is 0 Å². The van der Waals surface area contributed by atoms with Crippen LogP contribution in [0.5, 0.6) is 0 Å². The molecule has 3 N–H and O–H groups in total. The Labute approximate surface area is 283 Å². The van der Waals surface area contributed by atoms with Gasteiger partial charge in [-0.05, 0) is 12.8 Å². The van der Waals surface area contributed by atoms with E-state index in [0.717, 1.165) is 25.7 Å². The van der Waals surface area contributed by atoms with E-state index in [4.69, 9.17) is 0 Å². The van der Waals surface area contributed by atoms with E-state index in [1.165, 1.54) is 186 Å². The molecule has 4 heteroatoms. The molecule has 0 spiro atoms. The lowest BCUT2D eigenvalue weighted by Gasteiger charge is -2.22. The summed E-state index contributed by atoms with van der Waals surface area (Å²) in [5.41, 5.74) is 0. The third kappa shape index (κ3) is 34.5. The number of carbonyl (C=O) groups excluding carboxylic acids is 1. The van der Waals surface area contributed by atoms with Crippen LogP contribution in [0.4, 0.5) is 0 Å². The normalized spacial score (nSPS) is 12.9. The van der Waals surface area contributed by atoms with Crippen LogP contribution in [-0.4, -0.2) is 34.9 Å². The Bertz CT molecular complexity index is 569. The molecule has 0 bridgehead atoms. The summed E-state index contributed by atoms with van der Waals surface area (Å²) in [4.78, 5) is 12.4. The Morgan fingerprint density at radius 3 is 1.00 bits per heavy atom. The second-order valence-electron chi connectivity index (χ2n) is 14.4. The monoisotopic (exact) mass is 638 g/mol. The second-order valence-corrected chi connectivity index (χ2v) is 14.4. The zero-order valence-electron chi connectivity index (χ0n) is 30.9. The molecule has 0 aromatic rings. The Morgan fingerprint density at radius 1 is 0.444 bits per heavy atom. The van der Waals surface area contributed by atoms with Crippen molar-refractivity contribution in [2.75, 3.05) is 6.61 Å². The number of aliphatic hydroxyl groups excluding tert-OH is 2. The molecule has 45 heavy (non-hydrogen) atoms. The summed E-state index contributed by atoms with van der Waals surface area (Å²) in [5.74, 6) is -0.0268. The third-order valence-corrected chi connectivity index (χ3v) is 9.87. The Balaban J connectivity index is 3.49. The Kier molecular flexibility index (Phi) is 37.3. The Morgan fingerprint density at radius 2 is 0.711 bits per heavy atom. The molecule has 2 atom stereocenters. The summed E-state index contributed by atoms with van der Waals surface area (Å²) in [6, 6.07) is -0.528. The maximum absolute atomic E-state index is 12.4. The van der Waals surface area contributed by atoms with Crippen molar-refractivity contribution >= 4 is 5.91 Å². The predicted molar refractivity (Wildman–Crippen MR) is 198 cm³/mol. The maximum atomic E-state index is 12.4. The third-order valence-electron chi connectivity index (χ3n) is 9.87. The van der Waals surface area contributed by atoms with Gasteiger partial charge in [-0.15, -0.1) is 0 Å². The van der Waals surface area contributed by atoms with Crippen LogP contribution in [0.25, 0.3) is 0 Å². The molecule has 0 radical (unpaired) electrons. The van der Waals surface area contributed by atoms with E-state index >= 15 is 0 Å². The minimum absolute atomic E-state index is 0.0268. The van der Waals surface area contributed by atoms with Crippen molar-refractivity contribution < 1.29 is 15.0 Å². The van der Waals surface area contributed by atoms with Crippen LogP contribution in [0.2, 0.25) is 0 Å². The standard InChI is InChI=1S/C41H83NO3/c1-3-5-7-9-11-13-15-17-19-21-23-25-27-29-31-33-35-37-41(45)42-39(38-43)40(44)36-34-32-30-28-26-24-22-20-18-16-14-12-10-8-6-4-2/h39-40,43-44H,3-38H2,1-2H3,(H,42,45). The van der Waals surface area contributed by atoms with E-state index in [1.54, 1.807) is 0 Å². The zero-order valence-corrected chi connectivity index (χ0v) is 30.9. The zero-order chi connectivity index (χ0) is 32.9. The summed E-state index contributed by atoms with van der Waals surface area (Å²) in [6.45, 7) is 4.38. The quantitative estimate of drug-likeness (QED) is 0.0590. The number of nitrogens with one attached hydrogen (secondary N) is 1. The van der Waals surface area contributed by atoms with Gasteiger partial charge in [-0.1, -0.05) is 219 Å². The summed E-state index contributed by atoms with van der Waals surface area (Å²) in [5, 5.41) is 23.1. The van der Waals surface area contributed by atoms with Crippen molar-refractivity contribution in [2.45, 2.75) is 251 Å². The van der Waals surface area contributed by atoms with Crippen molar-refractivity contribution in [3.63, 3.8) is 0 Å². The highest BCUT2D eigenvalue weighted by Gasteiger charge is 2.20. The van der Waals surface area contributed by atoms with Gasteiger partial charge in [-0.2, -0.15) is 0 Å². The van der Waals surface area contributed by atoms with Gasteiger partial charge in [-0.3, -0.25) is 4.79 Å². The minimum atomic E-state index is -0.652. The first kappa shape index (κ1) is 44.4. The first-order chi connectivity index (χ1) is 22.2. The molecular formula is C41H83NO3. The van der Waals surface area contributed by atoms with Crippen molar-refractivity contribution in [3.05, 3.63) is 0 Å². The van der Waals surface area contributed by atoms with Crippen molar-refractivity contribution in [3.8, 4) is 0 Å². The molecule has 0 heterocycles. The lowest BCUT2D eigenvalue weighted by atomic mass is 10.0. The molecule has 1 amide bonds. The number of rotatable bonds is 38. The number of aliphatic hydroxyl groups is 2. The molecule has 0 fully saturated rings. The number of hydrogen-bond donors (Lipinski definition) is 3. The molecule has 0 aliphatic heterocycles. The van der Waals surface area contributed by atoms with Gasteiger partial charge in [0, 0.05) is 6.42 Å². The van der Waals surface area contributed by atoms with Gasteiger partial charge in [0.2, 0.25) is 5.91 Å². The Hall–Kier alpha value is -0.610. The van der Waals surface area contributed by atoms with E-state index in [9.17, 15) is 15.0 Å². The molecule has 0 rings (SSSR count). The topological polar surface area (TPSA) is 69.6 Å². The molecule has 0 saturated carbocycles. The predicted octanol–water partition coefficient (Wildman–Crippen LogP) is 12.5. The van der Waals surface area contributed by atoms with Crippen molar-refractivity contribution in [1.29, 1.82) is 0 Å². The lowest BCUT2D eigenvalue weighted by Crippen LogP contribution is -2.45. The highest BCUT2D eigenvalue weighted by atomic mass is 16.3. The fraction of sp³-hybridized carbons (Fsp3) is 0.976. The first-order valence-electron chi connectivity index (χ1n) is 20.7. The van der Waals surface area contributed by atoms with E-state index < -0.39 is 12.1 Å². The van der Waals surface area contributed by atoms with E-state index in [-0.39, 0.29) is 12.5 Å². The molecule has 0 aromatic heterocycles. The highest BCUT2D eigenvalue weighted by molar-refractivity contribution is 5.76. The minimum Gasteiger partial charge on any atom is -0.394 e. The largest absolute Gasteiger partial charge is 0.394 e. The van der Waals surface area contributed by atoms with Gasteiger partial charge in [0.25, 0.3) is 0 Å². The smallest absolute Gasteiger partial charge is 0.220 e. The maximum Gasteiger partial charge on any atom is 0.220 e. The molecule has 2 unspecified atom stereocenters. The molecule has 0 aliphatic carbocycles. The van der Waals surface area contributed by atoms with Crippen LogP contribution in [0.1, 0.15) is 239 Å². The van der Waals surface area contributed by atoms with Crippen LogP contribution in [0, 0.1) is 0 Å². The van der Waals surface area contributed by atoms with E-state index in [1.807, 2.05) is 0 Å². The fourth-order valence-electron chi connectivity index (χ4n) is 6.66. The fourth-order valence-corrected chi connectivity index (χ4v) is 6.66. The highest BCUT2D eigenvalue weighted by Crippen LogP contribution is 2.16. The molecule has 4 nitrogen and oxygen atoms in total. The average molecular weight is 638 g/mol. The summed E-state index contributed by atoms with van der Waals surface area (Å²) in [6.07, 6.45) is 44.5. The summed E-state index contributed by atoms with van der Waals surface area (Å²) < 4.78 is 0. The van der Waals surface area contributed by atoms with Crippen molar-refractivity contribution in [2.24, 2.45) is 0 Å². The number of carbonyl (C=O) groups is 1. The molecular weight excluding hydrogens is 554 g/mol. The SMILES string of the molecule is CCCCCCCCCCCCCCCCCCCC(=O)NC(CO)C(O)CCCCCCCCCCCCCCCCCC. The molecule has 0 aliphatic rings. The second kappa shape index (κ2) is 37.8. The van der Waals surface area contributed by atoms with Crippen LogP contribution < -0.4 is 5.32 Å². The first-order valence-corrected chi connectivity index (χ1v) is 20.7. The average Bonchev–Trinajstić information content (AvgIpc) is 3.04. The van der Waals surface area contributed by atoms with Gasteiger partial charge < -0.3 is 15.5 Å². The number of hydrogen-bond acceptors (Lipinski definition) is 3. The molecule has 0 saturated heterocycles. The van der Waals surface area contributed by atoms with Gasteiger partial charge in [0.1, 0.15) is 0 Å². The van der Waals surface area contributed by atoms with Crippen LogP contribution in [0.15, 0.2) is 0 Å². The van der Waals surface area contributed by atoms with Crippen molar-refractivity contribution in [1.82, 2.24) is 5.32 Å². The lowest BCUT2D eigenvalue weighted by molar-refractivity contribution is -0.123. The van der Waals surface area contributed by atoms with E-state index in [2.05, 4.69) is 19.2 Å². The van der Waals surface area contributed by atoms with E-state index in [0.29, 0.717) is 12.8 Å². The summed E-state index contributed by atoms with van der Waals surface area (Å²) >= 11 is 0. The van der Waals surface area contributed by atoms with Gasteiger partial charge in [0.05, 0.1) is 18.8 Å². The molecule has 270 valence electrons. The van der Waals surface area contributed by atoms with Gasteiger partial charge >= 0.3 is 0 Å². The van der Waals surface area contributed by atoms with Crippen LogP contribution >= 0.6 is 0 Å². The van der Waals surface area contributed by atoms with Crippen LogP contribution in [-0.2, 0) is 4.79 Å². The van der Waals surface area contributed by atoms with Gasteiger partial charge in [0.15, 0.2) is 0 Å².